The molecule has 140 valence electrons. The van der Waals surface area contributed by atoms with Crippen LogP contribution in [0.25, 0.3) is 22.1 Å². The molecule has 1 saturated heterocycles. The van der Waals surface area contributed by atoms with Crippen molar-refractivity contribution in [1.29, 1.82) is 0 Å². The molecule has 1 aromatic carbocycles. The van der Waals surface area contributed by atoms with E-state index in [1.807, 2.05) is 18.2 Å². The molecule has 0 unspecified atom stereocenters. The zero-order valence-corrected chi connectivity index (χ0v) is 14.9. The van der Waals surface area contributed by atoms with Gasteiger partial charge in [-0.05, 0) is 23.9 Å². The van der Waals surface area contributed by atoms with E-state index in [9.17, 15) is 9.18 Å². The Morgan fingerprint density at radius 2 is 2.15 bits per heavy atom. The van der Waals surface area contributed by atoms with Crippen LogP contribution in [0.15, 0.2) is 41.1 Å². The number of nitrogens with two attached hydrogens (primary N) is 1. The zero-order chi connectivity index (χ0) is 19.0. The number of fused-ring (bicyclic) bond motifs is 1. The number of nitrogens with zero attached hydrogens (tertiary/aromatic N) is 3. The first-order chi connectivity index (χ1) is 13.0. The summed E-state index contributed by atoms with van der Waals surface area (Å²) in [7, 11) is 0. The summed E-state index contributed by atoms with van der Waals surface area (Å²) in [5.74, 6) is 1.68. The molecule has 1 aliphatic rings. The fraction of sp³-hybridized carbons (Fsp3) is 0.316. The monoisotopic (exact) mass is 369 g/mol. The van der Waals surface area contributed by atoms with Gasteiger partial charge in [0.25, 0.3) is 0 Å². The Kier molecular flexibility index (Phi) is 4.49. The number of piperidine rings is 1. The molecule has 3 N–H and O–H groups in total. The predicted octanol–water partition coefficient (Wildman–Crippen LogP) is 3.10. The fourth-order valence-corrected chi connectivity index (χ4v) is 3.15. The summed E-state index contributed by atoms with van der Waals surface area (Å²) in [6.45, 7) is 2.21. The standard InChI is InChI=1S/C19H20FN5O2/c1-11-22-9-17(27-11)12-2-3-13-8-23-18(7-14(13)6-12)24-19(26)25-5-4-16(21)15(20)10-25/h2-3,6-9,15-16H,4-5,10,21H2,1H3,(H,23,24,26)/t15-,16-/m1/s1. The van der Waals surface area contributed by atoms with Crippen molar-refractivity contribution < 1.29 is 13.6 Å². The second kappa shape index (κ2) is 6.96. The van der Waals surface area contributed by atoms with Crippen LogP contribution < -0.4 is 11.1 Å². The lowest BCUT2D eigenvalue weighted by molar-refractivity contribution is 0.137. The van der Waals surface area contributed by atoms with Crippen LogP contribution >= 0.6 is 0 Å². The van der Waals surface area contributed by atoms with Crippen molar-refractivity contribution in [2.75, 3.05) is 18.4 Å². The molecule has 0 aliphatic carbocycles. The van der Waals surface area contributed by atoms with E-state index in [1.165, 1.54) is 4.90 Å². The number of hydrogen-bond donors (Lipinski definition) is 2. The Morgan fingerprint density at radius 3 is 2.89 bits per heavy atom. The van der Waals surface area contributed by atoms with Gasteiger partial charge in [-0.25, -0.2) is 19.2 Å². The van der Waals surface area contributed by atoms with Gasteiger partial charge in [-0.3, -0.25) is 5.32 Å². The third-order valence-corrected chi connectivity index (χ3v) is 4.74. The Labute approximate surface area is 155 Å². The normalized spacial score (nSPS) is 20.0. The number of benzene rings is 1. The first-order valence-corrected chi connectivity index (χ1v) is 8.78. The molecule has 7 nitrogen and oxygen atoms in total. The van der Waals surface area contributed by atoms with Crippen molar-refractivity contribution in [3.05, 3.63) is 42.5 Å². The molecular weight excluding hydrogens is 349 g/mol. The summed E-state index contributed by atoms with van der Waals surface area (Å²) in [6.07, 6.45) is 2.60. The van der Waals surface area contributed by atoms with Crippen LogP contribution in [-0.2, 0) is 0 Å². The molecule has 0 spiro atoms. The van der Waals surface area contributed by atoms with Crippen LogP contribution in [-0.4, -0.2) is 46.2 Å². The van der Waals surface area contributed by atoms with Crippen molar-refractivity contribution in [2.24, 2.45) is 5.73 Å². The van der Waals surface area contributed by atoms with Gasteiger partial charge in [-0.1, -0.05) is 12.1 Å². The number of likely N-dealkylation sites (tertiary alicyclic amines) is 1. The number of urea groups is 1. The Bertz CT molecular complexity index is 989. The second-order valence-corrected chi connectivity index (χ2v) is 6.72. The molecule has 0 radical (unpaired) electrons. The van der Waals surface area contributed by atoms with Gasteiger partial charge >= 0.3 is 6.03 Å². The molecule has 2 atom stereocenters. The fourth-order valence-electron chi connectivity index (χ4n) is 3.15. The van der Waals surface area contributed by atoms with Gasteiger partial charge in [-0.2, -0.15) is 0 Å². The van der Waals surface area contributed by atoms with Crippen LogP contribution in [0.5, 0.6) is 0 Å². The highest BCUT2D eigenvalue weighted by atomic mass is 19.1. The number of aryl methyl sites for hydroxylation is 1. The van der Waals surface area contributed by atoms with Crippen molar-refractivity contribution in [3.8, 4) is 11.3 Å². The lowest BCUT2D eigenvalue weighted by Gasteiger charge is -2.32. The average molecular weight is 369 g/mol. The van der Waals surface area contributed by atoms with Crippen molar-refractivity contribution in [1.82, 2.24) is 14.9 Å². The highest BCUT2D eigenvalue weighted by Gasteiger charge is 2.29. The van der Waals surface area contributed by atoms with Gasteiger partial charge in [0.2, 0.25) is 0 Å². The largest absolute Gasteiger partial charge is 0.441 e. The van der Waals surface area contributed by atoms with Gasteiger partial charge in [0.1, 0.15) is 12.0 Å². The number of rotatable bonds is 2. The molecule has 1 fully saturated rings. The Hall–Kier alpha value is -3.00. The van der Waals surface area contributed by atoms with Crippen molar-refractivity contribution in [3.63, 3.8) is 0 Å². The number of aromatic nitrogens is 2. The maximum Gasteiger partial charge on any atom is 0.323 e. The molecule has 4 rings (SSSR count). The first kappa shape index (κ1) is 17.4. The summed E-state index contributed by atoms with van der Waals surface area (Å²) < 4.78 is 19.3. The Balaban J connectivity index is 1.54. The molecule has 0 bridgehead atoms. The zero-order valence-electron chi connectivity index (χ0n) is 14.9. The van der Waals surface area contributed by atoms with Crippen LogP contribution in [0.1, 0.15) is 12.3 Å². The van der Waals surface area contributed by atoms with Crippen LogP contribution in [0.2, 0.25) is 0 Å². The SMILES string of the molecule is Cc1ncc(-c2ccc3cnc(NC(=O)N4CC[C@@H](N)[C@H](F)C4)cc3c2)o1. The molecular formula is C19H20FN5O2. The topological polar surface area (TPSA) is 97.3 Å². The number of carbonyl (C=O) groups is 1. The number of alkyl halides is 1. The summed E-state index contributed by atoms with van der Waals surface area (Å²) in [5.41, 5.74) is 6.55. The van der Waals surface area contributed by atoms with E-state index in [-0.39, 0.29) is 12.6 Å². The van der Waals surface area contributed by atoms with Crippen LogP contribution in [0, 0.1) is 6.92 Å². The summed E-state index contributed by atoms with van der Waals surface area (Å²) in [4.78, 5) is 22.2. The Morgan fingerprint density at radius 1 is 1.30 bits per heavy atom. The number of hydrogen-bond acceptors (Lipinski definition) is 5. The van der Waals surface area contributed by atoms with Gasteiger partial charge in [0.05, 0.1) is 12.7 Å². The quantitative estimate of drug-likeness (QED) is 0.723. The van der Waals surface area contributed by atoms with E-state index >= 15 is 0 Å². The van der Waals surface area contributed by atoms with Crippen LogP contribution in [0.4, 0.5) is 15.0 Å². The first-order valence-electron chi connectivity index (χ1n) is 8.78. The minimum absolute atomic E-state index is 0.00439. The second-order valence-electron chi connectivity index (χ2n) is 6.72. The minimum Gasteiger partial charge on any atom is -0.441 e. The van der Waals surface area contributed by atoms with E-state index in [0.717, 1.165) is 16.3 Å². The molecule has 1 aliphatic heterocycles. The number of halogens is 1. The van der Waals surface area contributed by atoms with E-state index in [4.69, 9.17) is 10.2 Å². The number of amides is 2. The van der Waals surface area contributed by atoms with E-state index < -0.39 is 12.2 Å². The molecule has 0 saturated carbocycles. The molecule has 2 aromatic heterocycles. The van der Waals surface area contributed by atoms with E-state index in [2.05, 4.69) is 15.3 Å². The van der Waals surface area contributed by atoms with Gasteiger partial charge < -0.3 is 15.1 Å². The summed E-state index contributed by atoms with van der Waals surface area (Å²) in [5, 5.41) is 4.57. The van der Waals surface area contributed by atoms with E-state index in [1.54, 1.807) is 25.4 Å². The summed E-state index contributed by atoms with van der Waals surface area (Å²) >= 11 is 0. The predicted molar refractivity (Wildman–Crippen MR) is 100 cm³/mol. The molecule has 27 heavy (non-hydrogen) atoms. The number of oxazole rings is 1. The number of anilines is 1. The minimum atomic E-state index is -1.21. The summed E-state index contributed by atoms with van der Waals surface area (Å²) in [6, 6.07) is 6.71. The third-order valence-electron chi connectivity index (χ3n) is 4.74. The molecule has 3 heterocycles. The maximum atomic E-state index is 13.8. The number of pyridine rings is 1. The average Bonchev–Trinajstić information content (AvgIpc) is 3.09. The van der Waals surface area contributed by atoms with E-state index in [0.29, 0.717) is 30.4 Å². The lowest BCUT2D eigenvalue weighted by Crippen LogP contribution is -2.51. The lowest BCUT2D eigenvalue weighted by atomic mass is 10.0. The smallest absolute Gasteiger partial charge is 0.323 e. The number of nitrogens with one attached hydrogen (secondary N) is 1. The third kappa shape index (κ3) is 3.61. The molecule has 2 amide bonds. The number of carbonyl (C=O) groups excluding carboxylic acids is 1. The van der Waals surface area contributed by atoms with Gasteiger partial charge in [-0.15, -0.1) is 0 Å². The molecule has 3 aromatic rings. The van der Waals surface area contributed by atoms with Crippen molar-refractivity contribution in [2.45, 2.75) is 25.6 Å². The highest BCUT2D eigenvalue weighted by Crippen LogP contribution is 2.26. The highest BCUT2D eigenvalue weighted by molar-refractivity contribution is 5.93. The maximum absolute atomic E-state index is 13.8. The van der Waals surface area contributed by atoms with Gasteiger partial charge in [0, 0.05) is 36.7 Å². The van der Waals surface area contributed by atoms with Crippen molar-refractivity contribution >= 4 is 22.6 Å². The molecule has 8 heteroatoms. The van der Waals surface area contributed by atoms with Crippen LogP contribution in [0.3, 0.4) is 0 Å². The van der Waals surface area contributed by atoms with Gasteiger partial charge in [0.15, 0.2) is 11.7 Å².